The summed E-state index contributed by atoms with van der Waals surface area (Å²) in [6.45, 7) is 2.36. The molecule has 1 unspecified atom stereocenters. The van der Waals surface area contributed by atoms with Crippen molar-refractivity contribution in [2.45, 2.75) is 23.9 Å². The SMILES string of the molecule is COc1ccc(C(=O)NCc2nnc(SC(C)c3ccccc3)n2-c2ccc(OC)cc2)cc1. The zero-order valence-corrected chi connectivity index (χ0v) is 20.1. The van der Waals surface area contributed by atoms with Crippen molar-refractivity contribution in [3.05, 3.63) is 95.8 Å². The van der Waals surface area contributed by atoms with Crippen LogP contribution < -0.4 is 14.8 Å². The molecule has 0 aliphatic heterocycles. The maximum absolute atomic E-state index is 12.7. The van der Waals surface area contributed by atoms with E-state index in [1.165, 1.54) is 5.56 Å². The Balaban J connectivity index is 1.58. The molecule has 4 aromatic rings. The summed E-state index contributed by atoms with van der Waals surface area (Å²) in [5.74, 6) is 1.90. The Hall–Kier alpha value is -3.78. The minimum Gasteiger partial charge on any atom is -0.497 e. The average Bonchev–Trinajstić information content (AvgIpc) is 3.29. The fourth-order valence-corrected chi connectivity index (χ4v) is 4.45. The summed E-state index contributed by atoms with van der Waals surface area (Å²) in [5.41, 5.74) is 2.64. The molecule has 0 bridgehead atoms. The Morgan fingerprint density at radius 2 is 1.53 bits per heavy atom. The summed E-state index contributed by atoms with van der Waals surface area (Å²) < 4.78 is 12.4. The monoisotopic (exact) mass is 474 g/mol. The van der Waals surface area contributed by atoms with Crippen LogP contribution in [0.3, 0.4) is 0 Å². The summed E-state index contributed by atoms with van der Waals surface area (Å²) in [4.78, 5) is 12.7. The highest BCUT2D eigenvalue weighted by Gasteiger charge is 2.19. The maximum atomic E-state index is 12.7. The Morgan fingerprint density at radius 3 is 2.15 bits per heavy atom. The molecule has 0 spiro atoms. The Bertz CT molecular complexity index is 1230. The van der Waals surface area contributed by atoms with Crippen LogP contribution in [0, 0.1) is 0 Å². The fraction of sp³-hybridized carbons (Fsp3) is 0.192. The molecular weight excluding hydrogens is 448 g/mol. The van der Waals surface area contributed by atoms with E-state index >= 15 is 0 Å². The van der Waals surface area contributed by atoms with Crippen molar-refractivity contribution in [2.75, 3.05) is 14.2 Å². The Morgan fingerprint density at radius 1 is 0.912 bits per heavy atom. The first-order chi connectivity index (χ1) is 16.6. The number of methoxy groups -OCH3 is 2. The van der Waals surface area contributed by atoms with Crippen molar-refractivity contribution in [2.24, 2.45) is 0 Å². The van der Waals surface area contributed by atoms with E-state index in [0.29, 0.717) is 17.1 Å². The van der Waals surface area contributed by atoms with E-state index in [2.05, 4.69) is 34.6 Å². The molecule has 174 valence electrons. The molecule has 1 amide bonds. The van der Waals surface area contributed by atoms with E-state index in [4.69, 9.17) is 9.47 Å². The number of rotatable bonds is 9. The van der Waals surface area contributed by atoms with Gasteiger partial charge in [-0.15, -0.1) is 10.2 Å². The lowest BCUT2D eigenvalue weighted by Crippen LogP contribution is -2.24. The third-order valence-corrected chi connectivity index (χ3v) is 6.44. The Kier molecular flexibility index (Phi) is 7.49. The number of thioether (sulfide) groups is 1. The van der Waals surface area contributed by atoms with Crippen molar-refractivity contribution in [3.8, 4) is 17.2 Å². The first-order valence-corrected chi connectivity index (χ1v) is 11.7. The number of ether oxygens (including phenoxy) is 2. The van der Waals surface area contributed by atoms with Gasteiger partial charge in [-0.3, -0.25) is 9.36 Å². The molecule has 3 aromatic carbocycles. The minimum absolute atomic E-state index is 0.170. The first kappa shape index (κ1) is 23.4. The van der Waals surface area contributed by atoms with Gasteiger partial charge in [-0.05, 0) is 61.0 Å². The number of hydrogen-bond acceptors (Lipinski definition) is 6. The lowest BCUT2D eigenvalue weighted by Gasteiger charge is -2.14. The summed E-state index contributed by atoms with van der Waals surface area (Å²) in [5, 5.41) is 12.7. The van der Waals surface area contributed by atoms with E-state index in [1.54, 1.807) is 50.2 Å². The smallest absolute Gasteiger partial charge is 0.251 e. The molecule has 1 heterocycles. The number of carbonyl (C=O) groups is 1. The van der Waals surface area contributed by atoms with Gasteiger partial charge in [-0.1, -0.05) is 42.1 Å². The van der Waals surface area contributed by atoms with Gasteiger partial charge >= 0.3 is 0 Å². The van der Waals surface area contributed by atoms with Crippen molar-refractivity contribution in [3.63, 3.8) is 0 Å². The molecule has 7 nitrogen and oxygen atoms in total. The minimum atomic E-state index is -0.196. The highest BCUT2D eigenvalue weighted by atomic mass is 32.2. The molecule has 0 radical (unpaired) electrons. The van der Waals surface area contributed by atoms with E-state index in [0.717, 1.165) is 16.6 Å². The topological polar surface area (TPSA) is 78.3 Å². The lowest BCUT2D eigenvalue weighted by molar-refractivity contribution is 0.0949. The van der Waals surface area contributed by atoms with Crippen LogP contribution in [0.1, 0.15) is 33.9 Å². The molecule has 0 aliphatic rings. The van der Waals surface area contributed by atoms with Gasteiger partial charge in [0.2, 0.25) is 0 Å². The average molecular weight is 475 g/mol. The van der Waals surface area contributed by atoms with Crippen LogP contribution in [0.15, 0.2) is 84.0 Å². The van der Waals surface area contributed by atoms with Gasteiger partial charge in [0.15, 0.2) is 11.0 Å². The van der Waals surface area contributed by atoms with Crippen LogP contribution in [0.25, 0.3) is 5.69 Å². The number of hydrogen-bond donors (Lipinski definition) is 1. The van der Waals surface area contributed by atoms with Crippen LogP contribution in [0.5, 0.6) is 11.5 Å². The van der Waals surface area contributed by atoms with Gasteiger partial charge in [-0.25, -0.2) is 0 Å². The second-order valence-electron chi connectivity index (χ2n) is 7.51. The molecule has 1 N–H and O–H groups in total. The largest absolute Gasteiger partial charge is 0.497 e. The van der Waals surface area contributed by atoms with Crippen LogP contribution in [-0.2, 0) is 6.54 Å². The number of amides is 1. The highest BCUT2D eigenvalue weighted by molar-refractivity contribution is 7.99. The predicted molar refractivity (Wildman–Crippen MR) is 133 cm³/mol. The van der Waals surface area contributed by atoms with Crippen LogP contribution in [0.2, 0.25) is 0 Å². The van der Waals surface area contributed by atoms with E-state index < -0.39 is 0 Å². The van der Waals surface area contributed by atoms with Crippen LogP contribution in [-0.4, -0.2) is 34.9 Å². The van der Waals surface area contributed by atoms with E-state index in [1.807, 2.05) is 47.0 Å². The molecule has 1 aromatic heterocycles. The number of aromatic nitrogens is 3. The molecule has 4 rings (SSSR count). The normalized spacial score (nSPS) is 11.6. The molecule has 0 fully saturated rings. The van der Waals surface area contributed by atoms with E-state index in [-0.39, 0.29) is 17.7 Å². The van der Waals surface area contributed by atoms with Gasteiger partial charge in [0, 0.05) is 16.5 Å². The van der Waals surface area contributed by atoms with Crippen molar-refractivity contribution < 1.29 is 14.3 Å². The predicted octanol–water partition coefficient (Wildman–Crippen LogP) is 5.07. The van der Waals surface area contributed by atoms with Crippen molar-refractivity contribution in [1.82, 2.24) is 20.1 Å². The third-order valence-electron chi connectivity index (χ3n) is 5.34. The molecule has 0 saturated carbocycles. The van der Waals surface area contributed by atoms with Crippen LogP contribution >= 0.6 is 11.8 Å². The number of benzene rings is 3. The lowest BCUT2D eigenvalue weighted by atomic mass is 10.2. The van der Waals surface area contributed by atoms with E-state index in [9.17, 15) is 4.79 Å². The molecule has 1 atom stereocenters. The molecular formula is C26H26N4O3S. The quantitative estimate of drug-likeness (QED) is 0.341. The van der Waals surface area contributed by atoms with Crippen LogP contribution in [0.4, 0.5) is 0 Å². The summed E-state index contributed by atoms with van der Waals surface area (Å²) in [6.07, 6.45) is 0. The highest BCUT2D eigenvalue weighted by Crippen LogP contribution is 2.35. The zero-order valence-electron chi connectivity index (χ0n) is 19.3. The number of nitrogens with zero attached hydrogens (tertiary/aromatic N) is 3. The summed E-state index contributed by atoms with van der Waals surface area (Å²) >= 11 is 1.62. The molecule has 0 saturated heterocycles. The number of nitrogens with one attached hydrogen (secondary N) is 1. The summed E-state index contributed by atoms with van der Waals surface area (Å²) in [6, 6.07) is 24.9. The van der Waals surface area contributed by atoms with Gasteiger partial charge in [0.25, 0.3) is 5.91 Å². The number of carbonyl (C=O) groups excluding carboxylic acids is 1. The first-order valence-electron chi connectivity index (χ1n) is 10.8. The van der Waals surface area contributed by atoms with Gasteiger partial charge < -0.3 is 14.8 Å². The molecule has 0 aliphatic carbocycles. The second-order valence-corrected chi connectivity index (χ2v) is 8.82. The molecule has 8 heteroatoms. The third kappa shape index (κ3) is 5.40. The van der Waals surface area contributed by atoms with Crippen molar-refractivity contribution in [1.29, 1.82) is 0 Å². The molecule has 34 heavy (non-hydrogen) atoms. The Labute approximate surface area is 203 Å². The zero-order chi connectivity index (χ0) is 23.9. The second kappa shape index (κ2) is 10.9. The summed E-state index contributed by atoms with van der Waals surface area (Å²) in [7, 11) is 3.23. The standard InChI is InChI=1S/C26H26N4O3S/c1-18(19-7-5-4-6-8-19)34-26-29-28-24(30(26)21-11-15-23(33-3)16-12-21)17-27-25(31)20-9-13-22(32-2)14-10-20/h4-16,18H,17H2,1-3H3,(H,27,31). The fourth-order valence-electron chi connectivity index (χ4n) is 3.44. The van der Waals surface area contributed by atoms with Gasteiger partial charge in [0.1, 0.15) is 11.5 Å². The van der Waals surface area contributed by atoms with Gasteiger partial charge in [-0.2, -0.15) is 0 Å². The van der Waals surface area contributed by atoms with Gasteiger partial charge in [0.05, 0.1) is 20.8 Å². The maximum Gasteiger partial charge on any atom is 0.251 e. The van der Waals surface area contributed by atoms with Crippen molar-refractivity contribution >= 4 is 17.7 Å².